The molecule has 1 aromatic carbocycles. The van der Waals surface area contributed by atoms with E-state index in [4.69, 9.17) is 14.6 Å². The van der Waals surface area contributed by atoms with Gasteiger partial charge in [-0.1, -0.05) is 28.1 Å². The van der Waals surface area contributed by atoms with Crippen LogP contribution in [0.25, 0.3) is 0 Å². The molecule has 2 N–H and O–H groups in total. The minimum absolute atomic E-state index is 0.247. The predicted octanol–water partition coefficient (Wildman–Crippen LogP) is 2.20. The fraction of sp³-hybridized carbons (Fsp3) is 0.529. The zero-order valence-corrected chi connectivity index (χ0v) is 14.8. The lowest BCUT2D eigenvalue weighted by atomic mass is 9.82. The third-order valence-electron chi connectivity index (χ3n) is 4.69. The van der Waals surface area contributed by atoms with Gasteiger partial charge in [-0.05, 0) is 43.4 Å². The summed E-state index contributed by atoms with van der Waals surface area (Å²) >= 11 is 3.42. The molecule has 0 saturated carbocycles. The predicted molar refractivity (Wildman–Crippen MR) is 89.5 cm³/mol. The first-order chi connectivity index (χ1) is 11.5. The van der Waals surface area contributed by atoms with Gasteiger partial charge in [0.05, 0.1) is 5.54 Å². The number of carboxylic acids is 1. The van der Waals surface area contributed by atoms with Crippen molar-refractivity contribution in [1.29, 1.82) is 0 Å². The number of hydrogen-bond donors (Lipinski definition) is 2. The molecule has 2 fully saturated rings. The van der Waals surface area contributed by atoms with Crippen molar-refractivity contribution in [2.24, 2.45) is 0 Å². The maximum Gasteiger partial charge on any atom is 0.332 e. The monoisotopic (exact) mass is 397 g/mol. The highest BCUT2D eigenvalue weighted by Crippen LogP contribution is 2.33. The van der Waals surface area contributed by atoms with E-state index in [-0.39, 0.29) is 5.91 Å². The number of aliphatic carboxylic acids is 1. The zero-order valence-electron chi connectivity index (χ0n) is 13.2. The molecular formula is C17H20BrNO5. The Morgan fingerprint density at radius 2 is 1.75 bits per heavy atom. The Morgan fingerprint density at radius 1 is 1.12 bits per heavy atom. The zero-order chi connectivity index (χ0) is 17.2. The molecule has 2 saturated heterocycles. The van der Waals surface area contributed by atoms with Gasteiger partial charge in [-0.2, -0.15) is 0 Å². The van der Waals surface area contributed by atoms with Gasteiger partial charge in [0.25, 0.3) is 0 Å². The Hall–Kier alpha value is -1.44. The molecule has 3 rings (SSSR count). The number of carbonyl (C=O) groups is 2. The van der Waals surface area contributed by atoms with Crippen molar-refractivity contribution in [3.8, 4) is 0 Å². The first-order valence-electron chi connectivity index (χ1n) is 8.04. The average molecular weight is 398 g/mol. The quantitative estimate of drug-likeness (QED) is 0.813. The summed E-state index contributed by atoms with van der Waals surface area (Å²) in [5.74, 6) is -1.26. The summed E-state index contributed by atoms with van der Waals surface area (Å²) in [5, 5.41) is 12.1. The van der Waals surface area contributed by atoms with Crippen LogP contribution in [-0.4, -0.2) is 42.4 Å². The molecule has 0 spiro atoms. The summed E-state index contributed by atoms with van der Waals surface area (Å²) in [6.45, 7) is 1.14. The minimum Gasteiger partial charge on any atom is -0.479 e. The van der Waals surface area contributed by atoms with Gasteiger partial charge in [0.15, 0.2) is 6.10 Å². The molecule has 2 heterocycles. The second-order valence-corrected chi connectivity index (χ2v) is 7.14. The second kappa shape index (κ2) is 7.21. The van der Waals surface area contributed by atoms with Crippen LogP contribution in [0, 0.1) is 0 Å². The van der Waals surface area contributed by atoms with E-state index in [0.29, 0.717) is 38.9 Å². The van der Waals surface area contributed by atoms with Crippen molar-refractivity contribution in [3.05, 3.63) is 34.3 Å². The molecule has 2 atom stereocenters. The number of benzene rings is 1. The molecule has 1 amide bonds. The molecule has 24 heavy (non-hydrogen) atoms. The molecule has 2 aliphatic rings. The van der Waals surface area contributed by atoms with E-state index < -0.39 is 23.7 Å². The lowest BCUT2D eigenvalue weighted by Crippen LogP contribution is -2.52. The van der Waals surface area contributed by atoms with E-state index in [1.165, 1.54) is 0 Å². The second-order valence-electron chi connectivity index (χ2n) is 6.22. The molecule has 130 valence electrons. The smallest absolute Gasteiger partial charge is 0.332 e. The number of halogens is 1. The Labute approximate surface area is 148 Å². The maximum absolute atomic E-state index is 12.6. The summed E-state index contributed by atoms with van der Waals surface area (Å²) in [4.78, 5) is 23.6. The average Bonchev–Trinajstić information content (AvgIpc) is 3.07. The Balaban J connectivity index is 1.76. The van der Waals surface area contributed by atoms with Crippen LogP contribution in [-0.2, 0) is 24.6 Å². The minimum atomic E-state index is -1.01. The Bertz CT molecular complexity index is 612. The molecule has 6 nitrogen and oxygen atoms in total. The van der Waals surface area contributed by atoms with E-state index in [1.54, 1.807) is 0 Å². The van der Waals surface area contributed by atoms with Crippen LogP contribution in [0.1, 0.15) is 31.2 Å². The molecule has 0 aromatic heterocycles. The SMILES string of the molecule is O=C(NC1(c2ccc(Br)cc2)CCOCC1)[C@@H]1CC[C@H](C(=O)O)O1. The van der Waals surface area contributed by atoms with Crippen molar-refractivity contribution in [2.75, 3.05) is 13.2 Å². The van der Waals surface area contributed by atoms with Gasteiger partial charge in [0.2, 0.25) is 5.91 Å². The van der Waals surface area contributed by atoms with Gasteiger partial charge in [0.1, 0.15) is 6.10 Å². The van der Waals surface area contributed by atoms with Gasteiger partial charge in [0, 0.05) is 17.7 Å². The van der Waals surface area contributed by atoms with Crippen molar-refractivity contribution < 1.29 is 24.2 Å². The first-order valence-corrected chi connectivity index (χ1v) is 8.83. The van der Waals surface area contributed by atoms with Crippen LogP contribution in [0.3, 0.4) is 0 Å². The van der Waals surface area contributed by atoms with E-state index in [1.807, 2.05) is 24.3 Å². The van der Waals surface area contributed by atoms with E-state index in [0.717, 1.165) is 10.0 Å². The summed E-state index contributed by atoms with van der Waals surface area (Å²) < 4.78 is 11.8. The number of carbonyl (C=O) groups excluding carboxylic acids is 1. The van der Waals surface area contributed by atoms with Crippen molar-refractivity contribution in [2.45, 2.75) is 43.4 Å². The van der Waals surface area contributed by atoms with Gasteiger partial charge < -0.3 is 19.9 Å². The fourth-order valence-corrected chi connectivity index (χ4v) is 3.57. The highest BCUT2D eigenvalue weighted by molar-refractivity contribution is 9.10. The number of carboxylic acid groups (broad SMARTS) is 1. The third kappa shape index (κ3) is 3.63. The number of ether oxygens (including phenoxy) is 2. The Kier molecular flexibility index (Phi) is 5.22. The molecular weight excluding hydrogens is 378 g/mol. The van der Waals surface area contributed by atoms with Crippen LogP contribution in [0.15, 0.2) is 28.7 Å². The number of nitrogens with one attached hydrogen (secondary N) is 1. The molecule has 7 heteroatoms. The lowest BCUT2D eigenvalue weighted by molar-refractivity contribution is -0.152. The van der Waals surface area contributed by atoms with Crippen LogP contribution in [0.4, 0.5) is 0 Å². The molecule has 1 aromatic rings. The van der Waals surface area contributed by atoms with Crippen molar-refractivity contribution in [3.63, 3.8) is 0 Å². The standard InChI is InChI=1S/C17H20BrNO5/c18-12-3-1-11(2-4-12)17(7-9-23-10-8-17)19-15(20)13-5-6-14(24-13)16(21)22/h1-4,13-14H,5-10H2,(H,19,20)(H,21,22)/t13-,14+/m0/s1. The highest BCUT2D eigenvalue weighted by Gasteiger charge is 2.40. The number of hydrogen-bond acceptors (Lipinski definition) is 4. The summed E-state index contributed by atoms with van der Waals surface area (Å²) in [6, 6.07) is 7.88. The van der Waals surface area contributed by atoms with Crippen molar-refractivity contribution in [1.82, 2.24) is 5.32 Å². The first kappa shape index (κ1) is 17.4. The number of rotatable bonds is 4. The van der Waals surface area contributed by atoms with Crippen LogP contribution in [0.5, 0.6) is 0 Å². The van der Waals surface area contributed by atoms with Crippen LogP contribution in [0.2, 0.25) is 0 Å². The molecule has 0 radical (unpaired) electrons. The number of amides is 1. The van der Waals surface area contributed by atoms with E-state index >= 15 is 0 Å². The molecule has 0 aliphatic carbocycles. The van der Waals surface area contributed by atoms with Gasteiger partial charge in [-0.15, -0.1) is 0 Å². The van der Waals surface area contributed by atoms with E-state index in [9.17, 15) is 9.59 Å². The van der Waals surface area contributed by atoms with Crippen LogP contribution >= 0.6 is 15.9 Å². The third-order valence-corrected chi connectivity index (χ3v) is 5.22. The van der Waals surface area contributed by atoms with Gasteiger partial charge >= 0.3 is 5.97 Å². The molecule has 0 unspecified atom stereocenters. The summed E-state index contributed by atoms with van der Waals surface area (Å²) in [5.41, 5.74) is 0.524. The molecule has 2 aliphatic heterocycles. The largest absolute Gasteiger partial charge is 0.479 e. The van der Waals surface area contributed by atoms with Crippen molar-refractivity contribution >= 4 is 27.8 Å². The van der Waals surface area contributed by atoms with Gasteiger partial charge in [-0.25, -0.2) is 4.79 Å². The van der Waals surface area contributed by atoms with Crippen LogP contribution < -0.4 is 5.32 Å². The topological polar surface area (TPSA) is 84.9 Å². The van der Waals surface area contributed by atoms with Gasteiger partial charge in [-0.3, -0.25) is 4.79 Å². The summed E-state index contributed by atoms with van der Waals surface area (Å²) in [6.07, 6.45) is 0.544. The fourth-order valence-electron chi connectivity index (χ4n) is 3.30. The summed E-state index contributed by atoms with van der Waals surface area (Å²) in [7, 11) is 0. The maximum atomic E-state index is 12.6. The Morgan fingerprint density at radius 3 is 2.33 bits per heavy atom. The highest BCUT2D eigenvalue weighted by atomic mass is 79.9. The normalized spacial score (nSPS) is 26.0. The lowest BCUT2D eigenvalue weighted by Gasteiger charge is -2.39. The van der Waals surface area contributed by atoms with E-state index in [2.05, 4.69) is 21.2 Å². The molecule has 0 bridgehead atoms.